The highest BCUT2D eigenvalue weighted by atomic mass is 35.5. The van der Waals surface area contributed by atoms with Crippen LogP contribution in [0.2, 0.25) is 5.02 Å². The molecule has 1 heterocycles. The van der Waals surface area contributed by atoms with Crippen LogP contribution in [0.3, 0.4) is 0 Å². The van der Waals surface area contributed by atoms with E-state index >= 15 is 0 Å². The summed E-state index contributed by atoms with van der Waals surface area (Å²) in [4.78, 5) is 27.1. The highest BCUT2D eigenvalue weighted by Crippen LogP contribution is 2.30. The van der Waals surface area contributed by atoms with Crippen LogP contribution in [0.1, 0.15) is 24.1 Å². The molecule has 0 aliphatic carbocycles. The van der Waals surface area contributed by atoms with Gasteiger partial charge in [-0.3, -0.25) is 4.79 Å². The van der Waals surface area contributed by atoms with E-state index in [0.717, 1.165) is 16.8 Å². The quantitative estimate of drug-likeness (QED) is 0.729. The molecule has 0 saturated heterocycles. The summed E-state index contributed by atoms with van der Waals surface area (Å²) in [6.45, 7) is 3.62. The van der Waals surface area contributed by atoms with Gasteiger partial charge in [-0.25, -0.2) is 4.79 Å². The SMILES string of the molecule is CC1=C(C(=O)Nc2cc(Cl)ccc2C)[C@H](c2ccc(N(C)C)cc2)NC(=O)N1. The van der Waals surface area contributed by atoms with Crippen LogP contribution in [0.5, 0.6) is 0 Å². The number of hydrogen-bond acceptors (Lipinski definition) is 3. The van der Waals surface area contributed by atoms with E-state index in [1.54, 1.807) is 19.1 Å². The Morgan fingerprint density at radius 1 is 1.11 bits per heavy atom. The van der Waals surface area contributed by atoms with E-state index in [1.165, 1.54) is 0 Å². The van der Waals surface area contributed by atoms with Crippen molar-refractivity contribution in [3.05, 3.63) is 69.9 Å². The lowest BCUT2D eigenvalue weighted by atomic mass is 9.94. The van der Waals surface area contributed by atoms with Crippen molar-refractivity contribution in [3.8, 4) is 0 Å². The minimum Gasteiger partial charge on any atom is -0.378 e. The summed E-state index contributed by atoms with van der Waals surface area (Å²) in [5.41, 5.74) is 4.37. The van der Waals surface area contributed by atoms with Crippen LogP contribution in [-0.2, 0) is 4.79 Å². The van der Waals surface area contributed by atoms with Gasteiger partial charge in [0, 0.05) is 36.2 Å². The molecule has 6 nitrogen and oxygen atoms in total. The maximum absolute atomic E-state index is 13.1. The van der Waals surface area contributed by atoms with Crippen molar-refractivity contribution in [3.63, 3.8) is 0 Å². The number of nitrogens with zero attached hydrogens (tertiary/aromatic N) is 1. The Morgan fingerprint density at radius 3 is 2.43 bits per heavy atom. The molecular weight excluding hydrogens is 376 g/mol. The second-order valence-corrected chi connectivity index (χ2v) is 7.41. The van der Waals surface area contributed by atoms with Gasteiger partial charge in [-0.05, 0) is 49.2 Å². The fourth-order valence-corrected chi connectivity index (χ4v) is 3.30. The topological polar surface area (TPSA) is 73.5 Å². The first kappa shape index (κ1) is 19.8. The van der Waals surface area contributed by atoms with Gasteiger partial charge in [0.25, 0.3) is 5.91 Å². The smallest absolute Gasteiger partial charge is 0.319 e. The van der Waals surface area contributed by atoms with Gasteiger partial charge >= 0.3 is 6.03 Å². The molecule has 3 rings (SSSR count). The Hall–Kier alpha value is -2.99. The Morgan fingerprint density at radius 2 is 1.79 bits per heavy atom. The molecule has 0 fully saturated rings. The molecule has 28 heavy (non-hydrogen) atoms. The summed E-state index contributed by atoms with van der Waals surface area (Å²) in [6, 6.07) is 12.2. The number of hydrogen-bond donors (Lipinski definition) is 3. The number of allylic oxidation sites excluding steroid dienone is 1. The number of carbonyl (C=O) groups is 2. The molecule has 1 aliphatic rings. The maximum Gasteiger partial charge on any atom is 0.319 e. The van der Waals surface area contributed by atoms with Crippen LogP contribution in [0.4, 0.5) is 16.2 Å². The molecule has 0 aromatic heterocycles. The lowest BCUT2D eigenvalue weighted by Crippen LogP contribution is -2.46. The molecule has 0 radical (unpaired) electrons. The van der Waals surface area contributed by atoms with E-state index in [1.807, 2.05) is 56.3 Å². The average Bonchev–Trinajstić information content (AvgIpc) is 2.64. The molecule has 0 bridgehead atoms. The lowest BCUT2D eigenvalue weighted by Gasteiger charge is -2.29. The number of carbonyl (C=O) groups excluding carboxylic acids is 2. The summed E-state index contributed by atoms with van der Waals surface area (Å²) in [7, 11) is 3.91. The standard InChI is InChI=1S/C21H23ClN4O2/c1-12-5-8-15(22)11-17(12)24-20(27)18-13(2)23-21(28)25-19(18)14-6-9-16(10-7-14)26(3)4/h5-11,19H,1-4H3,(H,24,27)(H2,23,25,28)/t19-/m0/s1. The predicted molar refractivity (Wildman–Crippen MR) is 113 cm³/mol. The van der Waals surface area contributed by atoms with Crippen LogP contribution in [0.25, 0.3) is 0 Å². The third kappa shape index (κ3) is 4.12. The molecule has 0 unspecified atom stereocenters. The molecule has 0 spiro atoms. The first-order valence-corrected chi connectivity index (χ1v) is 9.27. The molecule has 146 valence electrons. The van der Waals surface area contributed by atoms with Crippen molar-refractivity contribution in [1.82, 2.24) is 10.6 Å². The molecule has 2 aromatic rings. The van der Waals surface area contributed by atoms with Gasteiger partial charge in [0.2, 0.25) is 0 Å². The zero-order valence-electron chi connectivity index (χ0n) is 16.3. The number of anilines is 2. The molecular formula is C21H23ClN4O2. The molecule has 1 atom stereocenters. The predicted octanol–water partition coefficient (Wildman–Crippen LogP) is 3.98. The molecule has 1 aliphatic heterocycles. The van der Waals surface area contributed by atoms with Gasteiger partial charge in [-0.15, -0.1) is 0 Å². The van der Waals surface area contributed by atoms with Gasteiger partial charge in [0.1, 0.15) is 0 Å². The fourth-order valence-electron chi connectivity index (χ4n) is 3.13. The average molecular weight is 399 g/mol. The van der Waals surface area contributed by atoms with Crippen molar-refractivity contribution in [2.75, 3.05) is 24.3 Å². The van der Waals surface area contributed by atoms with E-state index in [0.29, 0.717) is 22.0 Å². The number of halogens is 1. The van der Waals surface area contributed by atoms with Gasteiger partial charge in [-0.2, -0.15) is 0 Å². The number of benzene rings is 2. The molecule has 3 amide bonds. The van der Waals surface area contributed by atoms with Crippen molar-refractivity contribution < 1.29 is 9.59 Å². The van der Waals surface area contributed by atoms with E-state index < -0.39 is 6.04 Å². The van der Waals surface area contributed by atoms with Crippen molar-refractivity contribution >= 4 is 34.9 Å². The summed E-state index contributed by atoms with van der Waals surface area (Å²) in [6.07, 6.45) is 0. The number of rotatable bonds is 4. The van der Waals surface area contributed by atoms with Gasteiger partial charge in [0.15, 0.2) is 0 Å². The zero-order chi connectivity index (χ0) is 20.4. The Balaban J connectivity index is 1.95. The van der Waals surface area contributed by atoms with Gasteiger partial charge < -0.3 is 20.9 Å². The number of urea groups is 1. The summed E-state index contributed by atoms with van der Waals surface area (Å²) in [5.74, 6) is -0.294. The molecule has 3 N–H and O–H groups in total. The zero-order valence-corrected chi connectivity index (χ0v) is 17.0. The number of aryl methyl sites for hydroxylation is 1. The number of amides is 3. The van der Waals surface area contributed by atoms with Crippen LogP contribution in [0, 0.1) is 6.92 Å². The van der Waals surface area contributed by atoms with Crippen LogP contribution in [0.15, 0.2) is 53.7 Å². The normalized spacial score (nSPS) is 16.3. The highest BCUT2D eigenvalue weighted by molar-refractivity contribution is 6.31. The summed E-state index contributed by atoms with van der Waals surface area (Å²) < 4.78 is 0. The Labute approximate surface area is 169 Å². The van der Waals surface area contributed by atoms with Crippen molar-refractivity contribution in [1.29, 1.82) is 0 Å². The lowest BCUT2D eigenvalue weighted by molar-refractivity contribution is -0.113. The fraction of sp³-hybridized carbons (Fsp3) is 0.238. The second-order valence-electron chi connectivity index (χ2n) is 6.97. The highest BCUT2D eigenvalue weighted by Gasteiger charge is 2.31. The number of nitrogens with one attached hydrogen (secondary N) is 3. The van der Waals surface area contributed by atoms with E-state index in [2.05, 4.69) is 16.0 Å². The molecule has 0 saturated carbocycles. The minimum absolute atomic E-state index is 0.294. The van der Waals surface area contributed by atoms with E-state index in [4.69, 9.17) is 11.6 Å². The molecule has 2 aromatic carbocycles. The first-order chi connectivity index (χ1) is 13.3. The van der Waals surface area contributed by atoms with Crippen molar-refractivity contribution in [2.45, 2.75) is 19.9 Å². The third-order valence-electron chi connectivity index (χ3n) is 4.70. The summed E-state index contributed by atoms with van der Waals surface area (Å²) >= 11 is 6.06. The first-order valence-electron chi connectivity index (χ1n) is 8.89. The van der Waals surface area contributed by atoms with Crippen LogP contribution in [-0.4, -0.2) is 26.0 Å². The van der Waals surface area contributed by atoms with E-state index in [-0.39, 0.29) is 11.9 Å². The van der Waals surface area contributed by atoms with E-state index in [9.17, 15) is 9.59 Å². The molecule has 7 heteroatoms. The van der Waals surface area contributed by atoms with Gasteiger partial charge in [-0.1, -0.05) is 29.8 Å². The largest absolute Gasteiger partial charge is 0.378 e. The monoisotopic (exact) mass is 398 g/mol. The van der Waals surface area contributed by atoms with Crippen LogP contribution < -0.4 is 20.9 Å². The Kier molecular flexibility index (Phi) is 5.61. The van der Waals surface area contributed by atoms with Crippen LogP contribution >= 0.6 is 11.6 Å². The third-order valence-corrected chi connectivity index (χ3v) is 4.94. The summed E-state index contributed by atoms with van der Waals surface area (Å²) in [5, 5.41) is 8.99. The minimum atomic E-state index is -0.551. The maximum atomic E-state index is 13.1. The Bertz CT molecular complexity index is 951. The second kappa shape index (κ2) is 7.94. The van der Waals surface area contributed by atoms with Crippen molar-refractivity contribution in [2.24, 2.45) is 0 Å². The van der Waals surface area contributed by atoms with Gasteiger partial charge in [0.05, 0.1) is 11.6 Å².